The largest absolute Gasteiger partial charge is 0.318 e. The van der Waals surface area contributed by atoms with Gasteiger partial charge in [-0.1, -0.05) is 76.2 Å². The summed E-state index contributed by atoms with van der Waals surface area (Å²) in [6.45, 7) is 18.1. The second kappa shape index (κ2) is 9.70. The minimum atomic E-state index is 0.112. The maximum Gasteiger partial charge on any atom is 0.108 e. The van der Waals surface area contributed by atoms with Crippen LogP contribution in [0, 0.1) is 20.8 Å². The van der Waals surface area contributed by atoms with Crippen molar-refractivity contribution in [2.45, 2.75) is 73.4 Å². The van der Waals surface area contributed by atoms with Crippen LogP contribution in [-0.2, 0) is 0 Å². The highest BCUT2D eigenvalue weighted by atomic mass is 15.4. The number of hydrogen-bond donors (Lipinski definition) is 0. The SMILES string of the molecule is Cc1cc(-c2c(C)cccc2C)ncc1N1c2ccccc2N(c2c(C(C)C)cccc2C(C)C)[C@H]1C. The molecular formula is C34H39N3. The summed E-state index contributed by atoms with van der Waals surface area (Å²) in [5, 5.41) is 0. The van der Waals surface area contributed by atoms with Crippen molar-refractivity contribution in [3.05, 3.63) is 101 Å². The van der Waals surface area contributed by atoms with Crippen molar-refractivity contribution in [3.63, 3.8) is 0 Å². The Morgan fingerprint density at radius 2 is 1.19 bits per heavy atom. The van der Waals surface area contributed by atoms with Crippen molar-refractivity contribution < 1.29 is 0 Å². The second-order valence-electron chi connectivity index (χ2n) is 11.1. The molecule has 4 aromatic rings. The summed E-state index contributed by atoms with van der Waals surface area (Å²) in [5.41, 5.74) is 13.8. The summed E-state index contributed by atoms with van der Waals surface area (Å²) in [5.74, 6) is 0.865. The predicted molar refractivity (Wildman–Crippen MR) is 159 cm³/mol. The van der Waals surface area contributed by atoms with Crippen LogP contribution in [0.3, 0.4) is 0 Å². The van der Waals surface area contributed by atoms with Crippen LogP contribution in [0.15, 0.2) is 72.9 Å². The summed E-state index contributed by atoms with van der Waals surface area (Å²) < 4.78 is 0. The molecule has 0 bridgehead atoms. The van der Waals surface area contributed by atoms with Crippen LogP contribution in [0.5, 0.6) is 0 Å². The number of aromatic nitrogens is 1. The molecule has 190 valence electrons. The minimum Gasteiger partial charge on any atom is -0.318 e. The lowest BCUT2D eigenvalue weighted by Gasteiger charge is -2.34. The van der Waals surface area contributed by atoms with Gasteiger partial charge in [0, 0.05) is 5.56 Å². The Balaban J connectivity index is 1.66. The molecule has 2 heterocycles. The standard InChI is InChI=1S/C34H39N3/c1-21(2)27-15-12-16-28(22(3)4)34(27)37-26(8)36(30-17-9-10-18-31(30)37)32-20-35-29(19-25(32)7)33-23(5)13-11-14-24(33)6/h9-22,26H,1-8H3/t26-/m0/s1. The van der Waals surface area contributed by atoms with Gasteiger partial charge < -0.3 is 9.80 Å². The van der Waals surface area contributed by atoms with Crippen LogP contribution in [0.4, 0.5) is 22.7 Å². The summed E-state index contributed by atoms with van der Waals surface area (Å²) in [6.07, 6.45) is 2.19. The van der Waals surface area contributed by atoms with Crippen molar-refractivity contribution in [1.29, 1.82) is 0 Å². The van der Waals surface area contributed by atoms with Gasteiger partial charge in [0.25, 0.3) is 0 Å². The van der Waals surface area contributed by atoms with Gasteiger partial charge in [0.15, 0.2) is 0 Å². The zero-order valence-electron chi connectivity index (χ0n) is 23.5. The molecule has 37 heavy (non-hydrogen) atoms. The molecule has 0 spiro atoms. The van der Waals surface area contributed by atoms with Crippen LogP contribution >= 0.6 is 0 Å². The van der Waals surface area contributed by atoms with Gasteiger partial charge in [-0.2, -0.15) is 0 Å². The number of fused-ring (bicyclic) bond motifs is 1. The number of rotatable bonds is 5. The lowest BCUT2D eigenvalue weighted by molar-refractivity contribution is 0.735. The number of nitrogens with zero attached hydrogens (tertiary/aromatic N) is 3. The summed E-state index contributed by atoms with van der Waals surface area (Å²) in [7, 11) is 0. The molecular weight excluding hydrogens is 450 g/mol. The Hall–Kier alpha value is -3.59. The fraction of sp³-hybridized carbons (Fsp3) is 0.324. The molecule has 0 N–H and O–H groups in total. The number of hydrogen-bond acceptors (Lipinski definition) is 3. The zero-order chi connectivity index (χ0) is 26.4. The van der Waals surface area contributed by atoms with Gasteiger partial charge in [0.05, 0.1) is 34.6 Å². The lowest BCUT2D eigenvalue weighted by Crippen LogP contribution is -2.37. The van der Waals surface area contributed by atoms with E-state index in [9.17, 15) is 0 Å². The molecule has 0 amide bonds. The van der Waals surface area contributed by atoms with Gasteiger partial charge in [-0.25, -0.2) is 0 Å². The van der Waals surface area contributed by atoms with Crippen molar-refractivity contribution in [2.24, 2.45) is 0 Å². The average molecular weight is 490 g/mol. The molecule has 3 nitrogen and oxygen atoms in total. The van der Waals surface area contributed by atoms with Crippen molar-refractivity contribution in [2.75, 3.05) is 9.80 Å². The van der Waals surface area contributed by atoms with E-state index in [1.807, 2.05) is 0 Å². The third kappa shape index (κ3) is 4.21. The van der Waals surface area contributed by atoms with Crippen LogP contribution in [0.25, 0.3) is 11.3 Å². The molecule has 0 saturated heterocycles. The highest BCUT2D eigenvalue weighted by Crippen LogP contribution is 2.51. The molecule has 1 aliphatic heterocycles. The molecule has 1 aliphatic rings. The molecule has 0 saturated carbocycles. The van der Waals surface area contributed by atoms with Gasteiger partial charge in [0.2, 0.25) is 0 Å². The molecule has 1 atom stereocenters. The highest BCUT2D eigenvalue weighted by molar-refractivity contribution is 5.90. The smallest absolute Gasteiger partial charge is 0.108 e. The number of pyridine rings is 1. The van der Waals surface area contributed by atoms with E-state index < -0.39 is 0 Å². The Bertz CT molecular complexity index is 1400. The first-order valence-electron chi connectivity index (χ1n) is 13.5. The number of anilines is 4. The lowest BCUT2D eigenvalue weighted by atomic mass is 9.91. The van der Waals surface area contributed by atoms with E-state index in [1.54, 1.807) is 0 Å². The van der Waals surface area contributed by atoms with Gasteiger partial charge in [-0.15, -0.1) is 0 Å². The Kier molecular flexibility index (Phi) is 6.58. The van der Waals surface area contributed by atoms with Gasteiger partial charge >= 0.3 is 0 Å². The molecule has 5 rings (SSSR count). The Morgan fingerprint density at radius 1 is 0.649 bits per heavy atom. The molecule has 0 radical (unpaired) electrons. The maximum absolute atomic E-state index is 5.01. The quantitative estimate of drug-likeness (QED) is 0.278. The minimum absolute atomic E-state index is 0.112. The normalized spacial score (nSPS) is 15.1. The van der Waals surface area contributed by atoms with Gasteiger partial charge in [-0.3, -0.25) is 4.98 Å². The van der Waals surface area contributed by atoms with Crippen LogP contribution in [-0.4, -0.2) is 11.1 Å². The van der Waals surface area contributed by atoms with Crippen molar-refractivity contribution in [1.82, 2.24) is 4.98 Å². The fourth-order valence-electron chi connectivity index (χ4n) is 5.97. The summed E-state index contributed by atoms with van der Waals surface area (Å²) in [6, 6.07) is 24.4. The third-order valence-corrected chi connectivity index (χ3v) is 7.81. The monoisotopic (exact) mass is 489 g/mol. The van der Waals surface area contributed by atoms with E-state index in [1.165, 1.54) is 50.4 Å². The fourth-order valence-corrected chi connectivity index (χ4v) is 5.97. The number of benzene rings is 3. The Labute approximate surface area is 222 Å². The molecule has 0 aliphatic carbocycles. The van der Waals surface area contributed by atoms with E-state index in [4.69, 9.17) is 4.98 Å². The van der Waals surface area contributed by atoms with Crippen molar-refractivity contribution in [3.8, 4) is 11.3 Å². The van der Waals surface area contributed by atoms with Crippen LogP contribution in [0.2, 0.25) is 0 Å². The van der Waals surface area contributed by atoms with Crippen LogP contribution in [0.1, 0.15) is 74.3 Å². The first-order valence-corrected chi connectivity index (χ1v) is 13.5. The molecule has 3 aromatic carbocycles. The summed E-state index contributed by atoms with van der Waals surface area (Å²) >= 11 is 0. The van der Waals surface area contributed by atoms with Crippen molar-refractivity contribution >= 4 is 22.7 Å². The van der Waals surface area contributed by atoms with E-state index in [0.29, 0.717) is 11.8 Å². The number of aryl methyl sites for hydroxylation is 3. The van der Waals surface area contributed by atoms with Gasteiger partial charge in [-0.05, 0) is 85.5 Å². The van der Waals surface area contributed by atoms with E-state index in [-0.39, 0.29) is 6.17 Å². The van der Waals surface area contributed by atoms with E-state index >= 15 is 0 Å². The average Bonchev–Trinajstić information content (AvgIpc) is 3.15. The molecule has 0 unspecified atom stereocenters. The molecule has 3 heteroatoms. The number of para-hydroxylation sites is 3. The molecule has 0 fully saturated rings. The highest BCUT2D eigenvalue weighted by Gasteiger charge is 2.37. The van der Waals surface area contributed by atoms with E-state index in [0.717, 1.165) is 11.4 Å². The zero-order valence-corrected chi connectivity index (χ0v) is 23.5. The van der Waals surface area contributed by atoms with Crippen LogP contribution < -0.4 is 9.80 Å². The first kappa shape index (κ1) is 25.1. The van der Waals surface area contributed by atoms with Gasteiger partial charge in [0.1, 0.15) is 6.17 Å². The predicted octanol–water partition coefficient (Wildman–Crippen LogP) is 9.56. The second-order valence-corrected chi connectivity index (χ2v) is 11.1. The molecule has 1 aromatic heterocycles. The third-order valence-electron chi connectivity index (χ3n) is 7.81. The first-order chi connectivity index (χ1) is 17.7. The Morgan fingerprint density at radius 3 is 1.73 bits per heavy atom. The van der Waals surface area contributed by atoms with E-state index in [2.05, 4.69) is 138 Å². The topological polar surface area (TPSA) is 19.4 Å². The summed E-state index contributed by atoms with van der Waals surface area (Å²) in [4.78, 5) is 10.0. The maximum atomic E-state index is 5.01.